The van der Waals surface area contributed by atoms with Crippen molar-refractivity contribution in [3.05, 3.63) is 0 Å². The van der Waals surface area contributed by atoms with Gasteiger partial charge < -0.3 is 0 Å². The van der Waals surface area contributed by atoms with Crippen LogP contribution in [0, 0.1) is 58.7 Å². The monoisotopic (exact) mass is 474 g/mol. The van der Waals surface area contributed by atoms with Gasteiger partial charge in [0, 0.05) is 0 Å². The second-order valence-electron chi connectivity index (χ2n) is 14.3. The average Bonchev–Trinajstić information content (AvgIpc) is 3.24. The third-order valence-corrected chi connectivity index (χ3v) is 12.6. The fourth-order valence-electron chi connectivity index (χ4n) is 10.1. The van der Waals surface area contributed by atoms with Crippen molar-refractivity contribution in [3.8, 4) is 0 Å². The molecule has 0 N–H and O–H groups in total. The van der Waals surface area contributed by atoms with Crippen molar-refractivity contribution in [2.75, 3.05) is 0 Å². The molecule has 1 heteroatoms. The number of rotatable bonds is 9. The van der Waals surface area contributed by atoms with E-state index < -0.39 is 0 Å². The summed E-state index contributed by atoms with van der Waals surface area (Å²) in [6, 6.07) is 0. The number of hydrogen-bond acceptors (Lipinski definition) is 0. The Hall–Kier alpha value is 0.430. The van der Waals surface area contributed by atoms with Gasteiger partial charge in [0.25, 0.3) is 0 Å². The zero-order chi connectivity index (χ0) is 23.6. The molecule has 4 fully saturated rings. The minimum atomic E-state index is 0.689. The van der Waals surface area contributed by atoms with Gasteiger partial charge >= 0.3 is 0 Å². The third kappa shape index (κ3) is 6.05. The van der Waals surface area contributed by atoms with Crippen LogP contribution >= 0.6 is 9.24 Å². The van der Waals surface area contributed by atoms with Crippen molar-refractivity contribution in [1.82, 2.24) is 0 Å². The number of fused-ring (bicyclic) bond motifs is 1. The second-order valence-corrected chi connectivity index (χ2v) is 15.2. The first-order valence-electron chi connectivity index (χ1n) is 15.6. The molecule has 0 aromatic heterocycles. The standard InChI is InChI=1S/C32H59P/c1-6-8-30(33)10-7-9-26-12-15-29(16-13-26)32(20-23(3)17-24(32)4)21-28-19-27-14-11-22(2)18-31(27)25(28)5/h22-31H,6-21,33H2,1-5H3/t22-,23?,24?,25+,26?,27?,28?,29?,30-,31?,32?/m0/s1. The summed E-state index contributed by atoms with van der Waals surface area (Å²) in [7, 11) is 3.11. The predicted molar refractivity (Wildman–Crippen MR) is 150 cm³/mol. The van der Waals surface area contributed by atoms with Crippen molar-refractivity contribution in [1.29, 1.82) is 0 Å². The van der Waals surface area contributed by atoms with Crippen LogP contribution in [0.4, 0.5) is 0 Å². The van der Waals surface area contributed by atoms with Crippen LogP contribution in [0.25, 0.3) is 0 Å². The van der Waals surface area contributed by atoms with E-state index in [2.05, 4.69) is 43.9 Å². The molecule has 0 aliphatic heterocycles. The summed E-state index contributed by atoms with van der Waals surface area (Å²) in [5, 5.41) is 0. The number of hydrogen-bond donors (Lipinski definition) is 0. The van der Waals surface area contributed by atoms with Crippen LogP contribution in [-0.2, 0) is 0 Å². The van der Waals surface area contributed by atoms with Gasteiger partial charge in [0.05, 0.1) is 0 Å². The average molecular weight is 475 g/mol. The summed E-state index contributed by atoms with van der Waals surface area (Å²) in [6.07, 6.45) is 24.3. The lowest BCUT2D eigenvalue weighted by molar-refractivity contribution is 0.0260. The Kier molecular flexibility index (Phi) is 9.36. The summed E-state index contributed by atoms with van der Waals surface area (Å²) in [6.45, 7) is 12.8. The predicted octanol–water partition coefficient (Wildman–Crippen LogP) is 10.2. The van der Waals surface area contributed by atoms with Gasteiger partial charge in [-0.3, -0.25) is 0 Å². The first-order chi connectivity index (χ1) is 15.8. The van der Waals surface area contributed by atoms with Crippen molar-refractivity contribution < 1.29 is 0 Å². The first kappa shape index (κ1) is 26.5. The summed E-state index contributed by atoms with van der Waals surface area (Å²) in [5.41, 5.74) is 1.56. The summed E-state index contributed by atoms with van der Waals surface area (Å²) in [5.74, 6) is 9.18. The summed E-state index contributed by atoms with van der Waals surface area (Å²) < 4.78 is 0. The van der Waals surface area contributed by atoms with E-state index in [0.29, 0.717) is 5.41 Å². The molecule has 0 amide bonds. The topological polar surface area (TPSA) is 0 Å². The normalized spacial score (nSPS) is 46.9. The quantitative estimate of drug-likeness (QED) is 0.292. The van der Waals surface area contributed by atoms with Crippen LogP contribution in [0.2, 0.25) is 0 Å². The van der Waals surface area contributed by atoms with Gasteiger partial charge in [-0.2, -0.15) is 0 Å². The van der Waals surface area contributed by atoms with Crippen molar-refractivity contribution in [2.45, 2.75) is 143 Å². The Morgan fingerprint density at radius 3 is 2.27 bits per heavy atom. The molecule has 4 aliphatic rings. The highest BCUT2D eigenvalue weighted by Gasteiger charge is 2.53. The van der Waals surface area contributed by atoms with Crippen molar-refractivity contribution >= 4 is 9.24 Å². The molecule has 7 unspecified atom stereocenters. The molecule has 0 radical (unpaired) electrons. The highest BCUT2D eigenvalue weighted by atomic mass is 31.0. The molecular formula is C32H59P. The van der Waals surface area contributed by atoms with Gasteiger partial charge in [0.1, 0.15) is 0 Å². The third-order valence-electron chi connectivity index (χ3n) is 11.9. The molecule has 0 aromatic rings. The van der Waals surface area contributed by atoms with E-state index in [4.69, 9.17) is 0 Å². The molecule has 4 aliphatic carbocycles. The summed E-state index contributed by atoms with van der Waals surface area (Å²) in [4.78, 5) is 0. The fourth-order valence-corrected chi connectivity index (χ4v) is 10.7. The Morgan fingerprint density at radius 2 is 1.61 bits per heavy atom. The fraction of sp³-hybridized carbons (Fsp3) is 1.00. The molecule has 0 nitrogen and oxygen atoms in total. The molecule has 0 spiro atoms. The minimum Gasteiger partial charge on any atom is -0.134 e. The zero-order valence-corrected chi connectivity index (χ0v) is 24.3. The Morgan fingerprint density at radius 1 is 0.848 bits per heavy atom. The molecule has 192 valence electrons. The van der Waals surface area contributed by atoms with Crippen LogP contribution in [0.5, 0.6) is 0 Å². The lowest BCUT2D eigenvalue weighted by atomic mass is 9.58. The molecule has 10 atom stereocenters. The molecule has 4 rings (SSSR count). The Bertz CT molecular complexity index is 591. The molecular weight excluding hydrogens is 415 g/mol. The lowest BCUT2D eigenvalue weighted by Gasteiger charge is -2.47. The van der Waals surface area contributed by atoms with Crippen LogP contribution in [0.3, 0.4) is 0 Å². The Balaban J connectivity index is 1.35. The minimum absolute atomic E-state index is 0.689. The van der Waals surface area contributed by atoms with Gasteiger partial charge in [0.15, 0.2) is 0 Å². The van der Waals surface area contributed by atoms with Gasteiger partial charge in [-0.1, -0.05) is 73.1 Å². The zero-order valence-electron chi connectivity index (χ0n) is 23.2. The van der Waals surface area contributed by atoms with E-state index in [0.717, 1.165) is 58.9 Å². The van der Waals surface area contributed by atoms with Crippen molar-refractivity contribution in [3.63, 3.8) is 0 Å². The van der Waals surface area contributed by atoms with Gasteiger partial charge in [0.2, 0.25) is 0 Å². The van der Waals surface area contributed by atoms with Crippen LogP contribution in [0.1, 0.15) is 137 Å². The first-order valence-corrected chi connectivity index (χ1v) is 16.2. The highest BCUT2D eigenvalue weighted by Crippen LogP contribution is 2.62. The maximum Gasteiger partial charge on any atom is -0.0238 e. The Labute approximate surface area is 210 Å². The molecule has 0 saturated heterocycles. The highest BCUT2D eigenvalue weighted by molar-refractivity contribution is 7.17. The molecule has 0 bridgehead atoms. The SMILES string of the molecule is CCC[C@H](P)CCCC1CCC(C2(CC3CC4CC[C@H](C)CC4[C@@H]3C)CC(C)CC2C)CC1. The van der Waals surface area contributed by atoms with Crippen LogP contribution in [-0.4, -0.2) is 5.66 Å². The second kappa shape index (κ2) is 11.7. The lowest BCUT2D eigenvalue weighted by Crippen LogP contribution is -2.38. The molecule has 33 heavy (non-hydrogen) atoms. The van der Waals surface area contributed by atoms with Crippen molar-refractivity contribution in [2.24, 2.45) is 58.7 Å². The van der Waals surface area contributed by atoms with E-state index >= 15 is 0 Å². The van der Waals surface area contributed by atoms with Gasteiger partial charge in [-0.15, -0.1) is 9.24 Å². The maximum absolute atomic E-state index is 3.11. The molecule has 0 aromatic carbocycles. The van der Waals surface area contributed by atoms with E-state index in [1.807, 2.05) is 0 Å². The van der Waals surface area contributed by atoms with E-state index in [-0.39, 0.29) is 0 Å². The smallest absolute Gasteiger partial charge is 0.0238 e. The summed E-state index contributed by atoms with van der Waals surface area (Å²) >= 11 is 0. The van der Waals surface area contributed by atoms with E-state index in [1.54, 1.807) is 57.8 Å². The van der Waals surface area contributed by atoms with E-state index in [1.165, 1.54) is 44.9 Å². The molecule has 4 saturated carbocycles. The van der Waals surface area contributed by atoms with Crippen LogP contribution < -0.4 is 0 Å². The van der Waals surface area contributed by atoms with Gasteiger partial charge in [-0.25, -0.2) is 0 Å². The molecule has 0 heterocycles. The maximum atomic E-state index is 3.11. The van der Waals surface area contributed by atoms with E-state index in [9.17, 15) is 0 Å². The van der Waals surface area contributed by atoms with Crippen LogP contribution in [0.15, 0.2) is 0 Å². The van der Waals surface area contributed by atoms with Gasteiger partial charge in [-0.05, 0) is 129 Å². The largest absolute Gasteiger partial charge is 0.134 e.